The van der Waals surface area contributed by atoms with E-state index in [0.29, 0.717) is 17.7 Å². The van der Waals surface area contributed by atoms with Crippen molar-refractivity contribution < 1.29 is 36.9 Å². The molecule has 1 atom stereocenters. The van der Waals surface area contributed by atoms with E-state index in [2.05, 4.69) is 25.4 Å². The summed E-state index contributed by atoms with van der Waals surface area (Å²) >= 11 is 0. The van der Waals surface area contributed by atoms with Gasteiger partial charge in [0.2, 0.25) is 5.88 Å². The number of aliphatic hydroxyl groups is 1. The Kier molecular flexibility index (Phi) is 7.33. The number of hydrogen-bond acceptors (Lipinski definition) is 9. The van der Waals surface area contributed by atoms with Crippen LogP contribution in [0.5, 0.6) is 11.8 Å². The Hall–Kier alpha value is -4.08. The minimum absolute atomic E-state index is 0.0608. The highest BCUT2D eigenvalue weighted by Crippen LogP contribution is 2.29. The van der Waals surface area contributed by atoms with E-state index < -0.39 is 53.6 Å². The molecule has 3 aromatic heterocycles. The average Bonchev–Trinajstić information content (AvgIpc) is 3.14. The van der Waals surface area contributed by atoms with Crippen LogP contribution in [0, 0.1) is 5.82 Å². The number of pyridine rings is 1. The summed E-state index contributed by atoms with van der Waals surface area (Å²) in [5.41, 5.74) is -1.65. The van der Waals surface area contributed by atoms with Crippen molar-refractivity contribution in [1.82, 2.24) is 29.3 Å². The number of nitrogens with one attached hydrogen (secondary N) is 1. The number of alkyl halides is 3. The van der Waals surface area contributed by atoms with Crippen LogP contribution in [0.2, 0.25) is 0 Å². The second-order valence-corrected chi connectivity index (χ2v) is 6.83. The predicted octanol–water partition coefficient (Wildman–Crippen LogP) is 1.46. The van der Waals surface area contributed by atoms with Gasteiger partial charge in [0.1, 0.15) is 12.2 Å². The number of ether oxygens (including phenoxy) is 2. The minimum Gasteiger partial charge on any atom is -0.478 e. The topological polar surface area (TPSA) is 146 Å². The van der Waals surface area contributed by atoms with Gasteiger partial charge < -0.3 is 19.9 Å². The Bertz CT molecular complexity index is 1290. The van der Waals surface area contributed by atoms with Gasteiger partial charge in [-0.05, 0) is 19.9 Å². The fourth-order valence-electron chi connectivity index (χ4n) is 2.84. The zero-order chi connectivity index (χ0) is 25.9. The van der Waals surface area contributed by atoms with Crippen LogP contribution in [0.1, 0.15) is 30.0 Å². The molecule has 3 rings (SSSR count). The minimum atomic E-state index is -4.86. The third kappa shape index (κ3) is 5.21. The lowest BCUT2D eigenvalue weighted by Crippen LogP contribution is -2.33. The molecule has 0 fully saturated rings. The molecule has 35 heavy (non-hydrogen) atoms. The van der Waals surface area contributed by atoms with E-state index in [0.717, 1.165) is 4.57 Å². The molecule has 188 valence electrons. The van der Waals surface area contributed by atoms with Gasteiger partial charge in [0.15, 0.2) is 29.4 Å². The molecule has 2 N–H and O–H groups in total. The molecule has 0 saturated heterocycles. The molecule has 0 bridgehead atoms. The van der Waals surface area contributed by atoms with Gasteiger partial charge in [0.25, 0.3) is 11.8 Å². The summed E-state index contributed by atoms with van der Waals surface area (Å²) in [7, 11) is 1.24. The molecule has 0 aliphatic carbocycles. The third-order valence-electron chi connectivity index (χ3n) is 4.60. The number of amides is 1. The van der Waals surface area contributed by atoms with Crippen molar-refractivity contribution in [3.05, 3.63) is 46.1 Å². The summed E-state index contributed by atoms with van der Waals surface area (Å²) in [5, 5.41) is 15.4. The fourth-order valence-corrected chi connectivity index (χ4v) is 2.84. The summed E-state index contributed by atoms with van der Waals surface area (Å²) in [4.78, 5) is 36.7. The summed E-state index contributed by atoms with van der Waals surface area (Å²) in [6.45, 7) is 1.60. The zero-order valence-electron chi connectivity index (χ0n) is 18.5. The van der Waals surface area contributed by atoms with Crippen LogP contribution in [-0.4, -0.2) is 59.7 Å². The first kappa shape index (κ1) is 25.5. The Morgan fingerprint density at radius 1 is 1.26 bits per heavy atom. The van der Waals surface area contributed by atoms with E-state index in [9.17, 15) is 27.9 Å². The van der Waals surface area contributed by atoms with Crippen molar-refractivity contribution in [2.24, 2.45) is 0 Å². The lowest BCUT2D eigenvalue weighted by molar-refractivity contribution is -0.190. The second-order valence-electron chi connectivity index (χ2n) is 6.83. The molecule has 12 nitrogen and oxygen atoms in total. The van der Waals surface area contributed by atoms with E-state index in [1.54, 1.807) is 6.92 Å². The fraction of sp³-hybridized carbons (Fsp3) is 0.368. The van der Waals surface area contributed by atoms with Crippen LogP contribution in [0.3, 0.4) is 0 Å². The lowest BCUT2D eigenvalue weighted by atomic mass is 10.2. The molecule has 0 aromatic carbocycles. The summed E-state index contributed by atoms with van der Waals surface area (Å²) in [6.07, 6.45) is -4.84. The summed E-state index contributed by atoms with van der Waals surface area (Å²) in [5.74, 6) is -4.66. The molecule has 16 heteroatoms. The van der Waals surface area contributed by atoms with Crippen LogP contribution in [-0.2, 0) is 13.2 Å². The highest BCUT2D eigenvalue weighted by molar-refractivity contribution is 6.06. The molecule has 0 radical (unpaired) electrons. The normalized spacial score (nSPS) is 12.3. The van der Waals surface area contributed by atoms with Gasteiger partial charge in [-0.15, -0.1) is 5.10 Å². The third-order valence-corrected chi connectivity index (χ3v) is 4.60. The Morgan fingerprint density at radius 3 is 2.51 bits per heavy atom. The van der Waals surface area contributed by atoms with Crippen LogP contribution in [0.25, 0.3) is 5.82 Å². The van der Waals surface area contributed by atoms with Gasteiger partial charge in [-0.25, -0.2) is 19.2 Å². The largest absolute Gasteiger partial charge is 0.478 e. The lowest BCUT2D eigenvalue weighted by Gasteiger charge is -2.19. The molecular weight excluding hydrogens is 482 g/mol. The van der Waals surface area contributed by atoms with Gasteiger partial charge in [0.05, 0.1) is 7.11 Å². The molecule has 3 heterocycles. The SMILES string of the molecule is CCn1c(CO)nn(-c2nc(O[C@@H](C)C(F)(F)F)c(C(=O)Nc3nccnc3OC)cc2F)c1=O. The number of carbonyl (C=O) groups is 1. The maximum absolute atomic E-state index is 15.0. The first-order valence-corrected chi connectivity index (χ1v) is 9.92. The molecular formula is C19H19F4N7O5. The number of hydrogen-bond donors (Lipinski definition) is 2. The number of carbonyl (C=O) groups excluding carboxylic acids is 1. The number of nitrogens with zero attached hydrogens (tertiary/aromatic N) is 6. The molecule has 0 aliphatic rings. The smallest absolute Gasteiger partial charge is 0.425 e. The van der Waals surface area contributed by atoms with E-state index in [4.69, 9.17) is 9.47 Å². The maximum atomic E-state index is 15.0. The number of halogens is 4. The molecule has 3 aromatic rings. The van der Waals surface area contributed by atoms with Gasteiger partial charge in [0, 0.05) is 18.9 Å². The van der Waals surface area contributed by atoms with E-state index >= 15 is 4.39 Å². The second kappa shape index (κ2) is 10.0. The van der Waals surface area contributed by atoms with Gasteiger partial charge in [-0.2, -0.15) is 22.8 Å². The summed E-state index contributed by atoms with van der Waals surface area (Å²) in [6, 6.07) is 0.537. The van der Waals surface area contributed by atoms with Crippen molar-refractivity contribution in [3.8, 4) is 17.6 Å². The highest BCUT2D eigenvalue weighted by atomic mass is 19.4. The Labute approximate surface area is 194 Å². The zero-order valence-corrected chi connectivity index (χ0v) is 18.5. The van der Waals surface area contributed by atoms with Crippen molar-refractivity contribution in [1.29, 1.82) is 0 Å². The number of aromatic nitrogens is 6. The monoisotopic (exact) mass is 501 g/mol. The van der Waals surface area contributed by atoms with Crippen LogP contribution < -0.4 is 20.5 Å². The first-order chi connectivity index (χ1) is 16.5. The number of aliphatic hydroxyl groups excluding tert-OH is 1. The molecule has 0 spiro atoms. The van der Waals surface area contributed by atoms with E-state index in [1.165, 1.54) is 19.5 Å². The van der Waals surface area contributed by atoms with Crippen LogP contribution >= 0.6 is 0 Å². The van der Waals surface area contributed by atoms with Crippen LogP contribution in [0.4, 0.5) is 23.4 Å². The average molecular weight is 501 g/mol. The van der Waals surface area contributed by atoms with E-state index in [1.807, 2.05) is 0 Å². The Balaban J connectivity index is 2.14. The van der Waals surface area contributed by atoms with Crippen molar-refractivity contribution in [3.63, 3.8) is 0 Å². The molecule has 0 aliphatic heterocycles. The van der Waals surface area contributed by atoms with Gasteiger partial charge in [-0.1, -0.05) is 0 Å². The maximum Gasteiger partial charge on any atom is 0.425 e. The van der Waals surface area contributed by atoms with Gasteiger partial charge >= 0.3 is 11.9 Å². The predicted molar refractivity (Wildman–Crippen MR) is 110 cm³/mol. The Morgan fingerprint density at radius 2 is 1.94 bits per heavy atom. The van der Waals surface area contributed by atoms with E-state index in [-0.39, 0.29) is 24.1 Å². The summed E-state index contributed by atoms with van der Waals surface area (Å²) < 4.78 is 65.8. The molecule has 1 amide bonds. The standard InChI is InChI=1S/C19H19F4N7O5/c1-4-29-12(8-31)28-30(18(29)33)14-11(20)7-10(16(27-14)35-9(2)19(21,22)23)15(32)26-13-17(34-3)25-6-5-24-13/h5-7,9,31H,4,8H2,1-3H3,(H,24,26,32)/t9-/m0/s1. The number of anilines is 1. The quantitative estimate of drug-likeness (QED) is 0.438. The number of methoxy groups -OCH3 is 1. The number of rotatable bonds is 8. The van der Waals surface area contributed by atoms with Crippen molar-refractivity contribution in [2.45, 2.75) is 39.3 Å². The first-order valence-electron chi connectivity index (χ1n) is 9.92. The van der Waals surface area contributed by atoms with Gasteiger partial charge in [-0.3, -0.25) is 9.36 Å². The van der Waals surface area contributed by atoms with Crippen molar-refractivity contribution >= 4 is 11.7 Å². The highest BCUT2D eigenvalue weighted by Gasteiger charge is 2.39. The molecule has 0 unspecified atom stereocenters. The molecule has 0 saturated carbocycles. The van der Waals surface area contributed by atoms with Crippen molar-refractivity contribution in [2.75, 3.05) is 12.4 Å². The van der Waals surface area contributed by atoms with Crippen LogP contribution in [0.15, 0.2) is 23.3 Å².